The number of thioether (sulfide) groups is 1. The number of halogens is 1. The highest BCUT2D eigenvalue weighted by atomic mass is 35.5. The zero-order valence-corrected chi connectivity index (χ0v) is 14.0. The molecule has 116 valence electrons. The molecule has 2 aliphatic heterocycles. The van der Waals surface area contributed by atoms with Gasteiger partial charge in [-0.2, -0.15) is 11.8 Å². The Morgan fingerprint density at radius 1 is 1.48 bits per heavy atom. The fourth-order valence-electron chi connectivity index (χ4n) is 3.27. The van der Waals surface area contributed by atoms with Gasteiger partial charge in [0.25, 0.3) is 0 Å². The monoisotopic (exact) mass is 326 g/mol. The summed E-state index contributed by atoms with van der Waals surface area (Å²) in [5, 5.41) is 0.731. The van der Waals surface area contributed by atoms with Gasteiger partial charge < -0.3 is 10.5 Å². The first-order valence-corrected chi connectivity index (χ1v) is 9.14. The smallest absolute Gasteiger partial charge is 0.138 e. The van der Waals surface area contributed by atoms with Gasteiger partial charge in [0.1, 0.15) is 11.9 Å². The van der Waals surface area contributed by atoms with E-state index >= 15 is 0 Å². The Kier molecular flexibility index (Phi) is 4.99. The molecule has 0 spiro atoms. The second kappa shape index (κ2) is 6.78. The molecule has 2 N–H and O–H groups in total. The van der Waals surface area contributed by atoms with Crippen LogP contribution in [-0.2, 0) is 0 Å². The van der Waals surface area contributed by atoms with Crippen LogP contribution in [-0.4, -0.2) is 42.6 Å². The summed E-state index contributed by atoms with van der Waals surface area (Å²) in [6, 6.07) is 6.68. The molecule has 2 heterocycles. The lowest BCUT2D eigenvalue weighted by atomic mass is 10.00. The highest BCUT2D eigenvalue weighted by molar-refractivity contribution is 7.99. The third-order valence-corrected chi connectivity index (χ3v) is 5.92. The van der Waals surface area contributed by atoms with Crippen LogP contribution in [0.1, 0.15) is 24.4 Å². The summed E-state index contributed by atoms with van der Waals surface area (Å²) >= 11 is 8.38. The molecule has 3 rings (SSSR count). The number of nitrogens with zero attached hydrogens (tertiary/aromatic N) is 1. The van der Waals surface area contributed by atoms with Crippen LogP contribution in [0.15, 0.2) is 18.2 Å². The molecule has 2 saturated heterocycles. The minimum atomic E-state index is 0.314. The Hall–Kier alpha value is -0.420. The van der Waals surface area contributed by atoms with Crippen molar-refractivity contribution in [1.82, 2.24) is 4.90 Å². The van der Waals surface area contributed by atoms with Gasteiger partial charge in [-0.3, -0.25) is 4.90 Å². The molecule has 3 atom stereocenters. The molecule has 0 amide bonds. The van der Waals surface area contributed by atoms with Crippen LogP contribution in [0.25, 0.3) is 0 Å². The van der Waals surface area contributed by atoms with Crippen molar-refractivity contribution in [3.8, 4) is 5.75 Å². The number of likely N-dealkylation sites (tertiary alicyclic amines) is 1. The summed E-state index contributed by atoms with van der Waals surface area (Å²) < 4.78 is 6.01. The molecule has 3 nitrogen and oxygen atoms in total. The average molecular weight is 327 g/mol. The van der Waals surface area contributed by atoms with E-state index < -0.39 is 0 Å². The molecule has 0 aliphatic carbocycles. The molecule has 0 aromatic heterocycles. The zero-order chi connectivity index (χ0) is 14.8. The van der Waals surface area contributed by atoms with Crippen LogP contribution in [0, 0.1) is 5.92 Å². The van der Waals surface area contributed by atoms with Gasteiger partial charge >= 0.3 is 0 Å². The maximum Gasteiger partial charge on any atom is 0.138 e. The second-order valence-electron chi connectivity index (χ2n) is 6.09. The Morgan fingerprint density at radius 3 is 2.95 bits per heavy atom. The molecule has 0 bridgehead atoms. The molecule has 1 aromatic carbocycles. The van der Waals surface area contributed by atoms with Gasteiger partial charge in [-0.25, -0.2) is 0 Å². The number of nitrogens with two attached hydrogens (primary N) is 1. The average Bonchev–Trinajstić information content (AvgIpc) is 3.10. The Bertz CT molecular complexity index is 493. The van der Waals surface area contributed by atoms with Crippen LogP contribution >= 0.6 is 23.4 Å². The van der Waals surface area contributed by atoms with E-state index in [2.05, 4.69) is 24.1 Å². The Balaban J connectivity index is 1.71. The van der Waals surface area contributed by atoms with Gasteiger partial charge in [0.05, 0.1) is 5.02 Å². The quantitative estimate of drug-likeness (QED) is 0.922. The van der Waals surface area contributed by atoms with E-state index in [0.717, 1.165) is 42.5 Å². The van der Waals surface area contributed by atoms with Crippen molar-refractivity contribution in [2.24, 2.45) is 11.7 Å². The van der Waals surface area contributed by atoms with Crippen molar-refractivity contribution in [2.45, 2.75) is 25.0 Å². The van der Waals surface area contributed by atoms with Gasteiger partial charge in [-0.15, -0.1) is 0 Å². The molecule has 3 unspecified atom stereocenters. The Morgan fingerprint density at radius 2 is 2.33 bits per heavy atom. The number of ether oxygens (including phenoxy) is 1. The van der Waals surface area contributed by atoms with E-state index in [9.17, 15) is 0 Å². The van der Waals surface area contributed by atoms with E-state index in [1.54, 1.807) is 0 Å². The molecule has 2 fully saturated rings. The first-order valence-electron chi connectivity index (χ1n) is 7.61. The van der Waals surface area contributed by atoms with Gasteiger partial charge in [0, 0.05) is 18.3 Å². The van der Waals surface area contributed by atoms with E-state index in [-0.39, 0.29) is 0 Å². The minimum Gasteiger partial charge on any atom is -0.488 e. The first kappa shape index (κ1) is 15.5. The summed E-state index contributed by atoms with van der Waals surface area (Å²) in [7, 11) is 2.16. The zero-order valence-electron chi connectivity index (χ0n) is 12.4. The highest BCUT2D eigenvalue weighted by Crippen LogP contribution is 2.37. The summed E-state index contributed by atoms with van der Waals surface area (Å²) in [5.74, 6) is 3.67. The van der Waals surface area contributed by atoms with Crippen molar-refractivity contribution < 1.29 is 4.74 Å². The molecule has 1 aromatic rings. The summed E-state index contributed by atoms with van der Waals surface area (Å²) in [4.78, 5) is 2.37. The predicted octanol–water partition coefficient (Wildman–Crippen LogP) is 3.18. The third-order valence-electron chi connectivity index (χ3n) is 4.49. The molecule has 5 heteroatoms. The Labute approximate surface area is 136 Å². The van der Waals surface area contributed by atoms with E-state index in [0.29, 0.717) is 18.1 Å². The van der Waals surface area contributed by atoms with Crippen LogP contribution in [0.3, 0.4) is 0 Å². The fraction of sp³-hybridized carbons (Fsp3) is 0.625. The lowest BCUT2D eigenvalue weighted by molar-refractivity contribution is 0.229. The van der Waals surface area contributed by atoms with Crippen molar-refractivity contribution in [1.29, 1.82) is 0 Å². The van der Waals surface area contributed by atoms with Gasteiger partial charge in [-0.1, -0.05) is 17.7 Å². The molecular weight excluding hydrogens is 304 g/mol. The summed E-state index contributed by atoms with van der Waals surface area (Å²) in [6.07, 6.45) is 2.55. The molecule has 21 heavy (non-hydrogen) atoms. The van der Waals surface area contributed by atoms with Crippen molar-refractivity contribution >= 4 is 23.4 Å². The van der Waals surface area contributed by atoms with Crippen LogP contribution < -0.4 is 10.5 Å². The predicted molar refractivity (Wildman–Crippen MR) is 90.3 cm³/mol. The topological polar surface area (TPSA) is 38.5 Å². The second-order valence-corrected chi connectivity index (χ2v) is 7.64. The van der Waals surface area contributed by atoms with Crippen LogP contribution in [0.4, 0.5) is 0 Å². The number of rotatable bonds is 4. The van der Waals surface area contributed by atoms with Gasteiger partial charge in [-0.05, 0) is 55.8 Å². The van der Waals surface area contributed by atoms with Crippen molar-refractivity contribution in [2.75, 3.05) is 31.6 Å². The standard InChI is InChI=1S/C16H23ClN2OS/c1-19-9-11(8-18)6-15(19)12-2-3-16(14(17)7-12)20-13-4-5-21-10-13/h2-3,7,11,13,15H,4-6,8-10,18H2,1H3. The van der Waals surface area contributed by atoms with Gasteiger partial charge in [0.2, 0.25) is 0 Å². The maximum absolute atomic E-state index is 6.43. The van der Waals surface area contributed by atoms with Crippen LogP contribution in [0.2, 0.25) is 5.02 Å². The SMILES string of the molecule is CN1CC(CN)CC1c1ccc(OC2CCSC2)c(Cl)c1. The van der Waals surface area contributed by atoms with E-state index in [1.165, 1.54) is 11.3 Å². The maximum atomic E-state index is 6.43. The largest absolute Gasteiger partial charge is 0.488 e. The highest BCUT2D eigenvalue weighted by Gasteiger charge is 2.30. The number of hydrogen-bond acceptors (Lipinski definition) is 4. The van der Waals surface area contributed by atoms with Crippen molar-refractivity contribution in [3.63, 3.8) is 0 Å². The molecule has 0 saturated carbocycles. The molecule has 0 radical (unpaired) electrons. The van der Waals surface area contributed by atoms with Gasteiger partial charge in [0.15, 0.2) is 0 Å². The van der Waals surface area contributed by atoms with Crippen LogP contribution in [0.5, 0.6) is 5.75 Å². The van der Waals surface area contributed by atoms with E-state index in [4.69, 9.17) is 22.1 Å². The summed E-state index contributed by atoms with van der Waals surface area (Å²) in [5.41, 5.74) is 7.08. The number of benzene rings is 1. The van der Waals surface area contributed by atoms with E-state index in [1.807, 2.05) is 17.8 Å². The summed E-state index contributed by atoms with van der Waals surface area (Å²) in [6.45, 7) is 1.82. The lowest BCUT2D eigenvalue weighted by Gasteiger charge is -2.21. The van der Waals surface area contributed by atoms with Crippen molar-refractivity contribution in [3.05, 3.63) is 28.8 Å². The molecular formula is C16H23ClN2OS. The fourth-order valence-corrected chi connectivity index (χ4v) is 4.60. The lowest BCUT2D eigenvalue weighted by Crippen LogP contribution is -2.20. The minimum absolute atomic E-state index is 0.314. The first-order chi connectivity index (χ1) is 10.2. The number of hydrogen-bond donors (Lipinski definition) is 1. The third kappa shape index (κ3) is 3.50. The molecule has 2 aliphatic rings. The normalized spacial score (nSPS) is 30.0.